The van der Waals surface area contributed by atoms with Crippen LogP contribution in [-0.2, 0) is 24.4 Å². The van der Waals surface area contributed by atoms with Crippen molar-refractivity contribution in [2.75, 3.05) is 12.4 Å². The molecule has 0 fully saturated rings. The summed E-state index contributed by atoms with van der Waals surface area (Å²) < 4.78 is 56.5. The van der Waals surface area contributed by atoms with E-state index in [9.17, 15) is 16.8 Å². The van der Waals surface area contributed by atoms with Crippen LogP contribution in [0.5, 0.6) is 0 Å². The maximum atomic E-state index is 11.8. The highest BCUT2D eigenvalue weighted by atomic mass is 32.3. The van der Waals surface area contributed by atoms with E-state index in [4.69, 9.17) is 4.55 Å². The minimum absolute atomic E-state index is 0.101. The van der Waals surface area contributed by atoms with Crippen molar-refractivity contribution in [1.82, 2.24) is 0 Å². The summed E-state index contributed by atoms with van der Waals surface area (Å²) in [7, 11) is -8.23. The summed E-state index contributed by atoms with van der Waals surface area (Å²) in [6.07, 6.45) is 0. The lowest BCUT2D eigenvalue weighted by atomic mass is 10.1. The fraction of sp³-hybridized carbons (Fsp3) is 0.400. The van der Waals surface area contributed by atoms with Crippen LogP contribution in [0.4, 0.5) is 0 Å². The Morgan fingerprint density at radius 1 is 1.11 bits per heavy atom. The zero-order valence-electron chi connectivity index (χ0n) is 9.95. The van der Waals surface area contributed by atoms with Gasteiger partial charge in [-0.1, -0.05) is 6.07 Å². The highest BCUT2D eigenvalue weighted by molar-refractivity contribution is 7.91. The maximum Gasteiger partial charge on any atom is 0.397 e. The van der Waals surface area contributed by atoms with Gasteiger partial charge in [-0.25, -0.2) is 12.6 Å². The molecule has 0 saturated heterocycles. The first kappa shape index (κ1) is 15.1. The van der Waals surface area contributed by atoms with Crippen molar-refractivity contribution in [2.24, 2.45) is 0 Å². The smallest absolute Gasteiger partial charge is 0.264 e. The van der Waals surface area contributed by atoms with E-state index in [1.807, 2.05) is 6.92 Å². The molecule has 102 valence electrons. The van der Waals surface area contributed by atoms with Gasteiger partial charge in [0.05, 0.1) is 17.3 Å². The Bertz CT molecular complexity index is 630. The van der Waals surface area contributed by atoms with Crippen LogP contribution in [0.1, 0.15) is 11.1 Å². The van der Waals surface area contributed by atoms with Crippen LogP contribution >= 0.6 is 0 Å². The average Bonchev–Trinajstić information content (AvgIpc) is 2.19. The lowest BCUT2D eigenvalue weighted by Crippen LogP contribution is -2.15. The molecule has 0 aliphatic carbocycles. The van der Waals surface area contributed by atoms with Gasteiger partial charge in [0.2, 0.25) is 0 Å². The van der Waals surface area contributed by atoms with Crippen LogP contribution in [-0.4, -0.2) is 33.7 Å². The molecule has 0 aliphatic rings. The van der Waals surface area contributed by atoms with Crippen molar-refractivity contribution in [3.63, 3.8) is 0 Å². The van der Waals surface area contributed by atoms with E-state index in [1.165, 1.54) is 12.1 Å². The average molecular weight is 294 g/mol. The second kappa shape index (κ2) is 5.35. The number of rotatable bonds is 5. The molecule has 1 rings (SSSR count). The number of hydrogen-bond donors (Lipinski definition) is 1. The van der Waals surface area contributed by atoms with E-state index in [0.29, 0.717) is 0 Å². The molecule has 0 unspecified atom stereocenters. The molecule has 1 aromatic carbocycles. The van der Waals surface area contributed by atoms with Gasteiger partial charge in [-0.05, 0) is 37.1 Å². The summed E-state index contributed by atoms with van der Waals surface area (Å²) in [6.45, 7) is 3.02. The van der Waals surface area contributed by atoms with E-state index in [0.717, 1.165) is 11.1 Å². The van der Waals surface area contributed by atoms with Crippen LogP contribution in [0.2, 0.25) is 0 Å². The number of benzene rings is 1. The van der Waals surface area contributed by atoms with E-state index in [2.05, 4.69) is 4.18 Å². The second-order valence-electron chi connectivity index (χ2n) is 3.81. The number of sulfone groups is 1. The Balaban J connectivity index is 2.84. The van der Waals surface area contributed by atoms with Crippen LogP contribution in [0, 0.1) is 13.8 Å². The highest BCUT2D eigenvalue weighted by Crippen LogP contribution is 2.16. The molecule has 0 bridgehead atoms. The summed E-state index contributed by atoms with van der Waals surface area (Å²) in [5.74, 6) is -0.519. The van der Waals surface area contributed by atoms with Gasteiger partial charge in [0.15, 0.2) is 9.84 Å². The van der Waals surface area contributed by atoms with Crippen molar-refractivity contribution in [3.05, 3.63) is 29.3 Å². The molecule has 0 aromatic heterocycles. The number of hydrogen-bond acceptors (Lipinski definition) is 5. The van der Waals surface area contributed by atoms with Crippen molar-refractivity contribution < 1.29 is 25.6 Å². The van der Waals surface area contributed by atoms with Gasteiger partial charge in [-0.3, -0.25) is 4.55 Å². The molecular formula is C10H14O6S2. The number of aryl methyl sites for hydroxylation is 2. The lowest BCUT2D eigenvalue weighted by molar-refractivity contribution is 0.284. The first-order valence-corrected chi connectivity index (χ1v) is 8.05. The predicted octanol–water partition coefficient (Wildman–Crippen LogP) is 0.897. The molecule has 0 radical (unpaired) electrons. The van der Waals surface area contributed by atoms with E-state index >= 15 is 0 Å². The fourth-order valence-electron chi connectivity index (χ4n) is 1.27. The fourth-order valence-corrected chi connectivity index (χ4v) is 2.84. The molecule has 0 heterocycles. The summed E-state index contributed by atoms with van der Waals surface area (Å²) in [6, 6.07) is 4.63. The van der Waals surface area contributed by atoms with Crippen molar-refractivity contribution in [1.29, 1.82) is 0 Å². The summed E-state index contributed by atoms with van der Waals surface area (Å²) in [5, 5.41) is 0. The van der Waals surface area contributed by atoms with Crippen molar-refractivity contribution >= 4 is 20.2 Å². The Kier molecular flexibility index (Phi) is 4.49. The molecule has 6 nitrogen and oxygen atoms in total. The first-order chi connectivity index (χ1) is 8.12. The molecule has 0 saturated carbocycles. The predicted molar refractivity (Wildman–Crippen MR) is 65.5 cm³/mol. The van der Waals surface area contributed by atoms with Crippen LogP contribution in [0.15, 0.2) is 23.1 Å². The molecule has 0 atom stereocenters. The van der Waals surface area contributed by atoms with Gasteiger partial charge >= 0.3 is 10.4 Å². The molecular weight excluding hydrogens is 280 g/mol. The first-order valence-electron chi connectivity index (χ1n) is 5.04. The third-order valence-electron chi connectivity index (χ3n) is 2.42. The minimum atomic E-state index is -4.61. The normalized spacial score (nSPS) is 12.6. The summed E-state index contributed by atoms with van der Waals surface area (Å²) >= 11 is 0. The topological polar surface area (TPSA) is 97.7 Å². The Morgan fingerprint density at radius 3 is 2.22 bits per heavy atom. The maximum absolute atomic E-state index is 11.8. The minimum Gasteiger partial charge on any atom is -0.264 e. The quantitative estimate of drug-likeness (QED) is 0.810. The molecule has 1 aromatic rings. The molecule has 0 aliphatic heterocycles. The van der Waals surface area contributed by atoms with E-state index in [1.54, 1.807) is 13.0 Å². The van der Waals surface area contributed by atoms with Crippen molar-refractivity contribution in [3.8, 4) is 0 Å². The van der Waals surface area contributed by atoms with Crippen molar-refractivity contribution in [2.45, 2.75) is 18.7 Å². The van der Waals surface area contributed by atoms with Gasteiger partial charge in [0.25, 0.3) is 0 Å². The SMILES string of the molecule is Cc1ccc(S(=O)(=O)CCOS(=O)(=O)O)cc1C. The Labute approximate surface area is 106 Å². The summed E-state index contributed by atoms with van der Waals surface area (Å²) in [4.78, 5) is 0.101. The Hall–Kier alpha value is -0.960. The molecule has 0 amide bonds. The van der Waals surface area contributed by atoms with Crippen LogP contribution in [0.3, 0.4) is 0 Å². The molecule has 8 heteroatoms. The zero-order chi connectivity index (χ0) is 14.0. The van der Waals surface area contributed by atoms with Crippen LogP contribution in [0.25, 0.3) is 0 Å². The molecule has 18 heavy (non-hydrogen) atoms. The third-order valence-corrected chi connectivity index (χ3v) is 4.56. The van der Waals surface area contributed by atoms with E-state index in [-0.39, 0.29) is 4.90 Å². The second-order valence-corrected chi connectivity index (χ2v) is 7.01. The third kappa shape index (κ3) is 4.37. The lowest BCUT2D eigenvalue weighted by Gasteiger charge is -2.06. The standard InChI is InChI=1S/C10H14O6S2/c1-8-3-4-10(7-9(8)2)17(11,12)6-5-16-18(13,14)15/h3-4,7H,5-6H2,1-2H3,(H,13,14,15). The van der Waals surface area contributed by atoms with E-state index < -0.39 is 32.6 Å². The molecule has 0 spiro atoms. The highest BCUT2D eigenvalue weighted by Gasteiger charge is 2.16. The van der Waals surface area contributed by atoms with Crippen LogP contribution < -0.4 is 0 Å². The van der Waals surface area contributed by atoms with Gasteiger partial charge < -0.3 is 0 Å². The van der Waals surface area contributed by atoms with Gasteiger partial charge in [-0.2, -0.15) is 8.42 Å². The Morgan fingerprint density at radius 2 is 1.72 bits per heavy atom. The zero-order valence-corrected chi connectivity index (χ0v) is 11.6. The van der Waals surface area contributed by atoms with Gasteiger partial charge in [-0.15, -0.1) is 0 Å². The molecule has 1 N–H and O–H groups in total. The van der Waals surface area contributed by atoms with Gasteiger partial charge in [0.1, 0.15) is 0 Å². The summed E-state index contributed by atoms with van der Waals surface area (Å²) in [5.41, 5.74) is 1.79. The van der Waals surface area contributed by atoms with Gasteiger partial charge in [0, 0.05) is 0 Å². The largest absolute Gasteiger partial charge is 0.397 e. The monoisotopic (exact) mass is 294 g/mol.